The van der Waals surface area contributed by atoms with Gasteiger partial charge in [0.15, 0.2) is 11.5 Å². The van der Waals surface area contributed by atoms with Crippen LogP contribution in [0.2, 0.25) is 0 Å². The highest BCUT2D eigenvalue weighted by Crippen LogP contribution is 2.47. The summed E-state index contributed by atoms with van der Waals surface area (Å²) in [5.74, 6) is 1.13. The second kappa shape index (κ2) is 11.4. The molecule has 3 heterocycles. The van der Waals surface area contributed by atoms with Gasteiger partial charge in [-0.3, -0.25) is 4.79 Å². The summed E-state index contributed by atoms with van der Waals surface area (Å²) in [5, 5.41) is 1.43. The van der Waals surface area contributed by atoms with E-state index in [9.17, 15) is 9.59 Å². The van der Waals surface area contributed by atoms with Gasteiger partial charge in [-0.1, -0.05) is 30.3 Å². The van der Waals surface area contributed by atoms with Gasteiger partial charge >= 0.3 is 5.97 Å². The molecule has 1 aliphatic heterocycles. The molecule has 6 rings (SSSR count). The van der Waals surface area contributed by atoms with Crippen molar-refractivity contribution in [1.29, 1.82) is 0 Å². The number of methoxy groups -OCH3 is 4. The van der Waals surface area contributed by atoms with Crippen LogP contribution in [0.5, 0.6) is 23.0 Å². The summed E-state index contributed by atoms with van der Waals surface area (Å²) in [6.45, 7) is 0.631. The first-order valence-electron chi connectivity index (χ1n) is 13.6. The van der Waals surface area contributed by atoms with Crippen LogP contribution in [0.15, 0.2) is 54.6 Å². The second-order valence-electron chi connectivity index (χ2n) is 10.1. The Hall–Kier alpha value is -4.83. The summed E-state index contributed by atoms with van der Waals surface area (Å²) in [7, 11) is 5.92. The first kappa shape index (κ1) is 28.3. The minimum Gasteiger partial charge on any atom is -0.493 e. The number of hydrogen-bond donors (Lipinski definition) is 2. The fraction of sp³-hybridized carbons (Fsp3) is 0.250. The zero-order valence-electron chi connectivity index (χ0n) is 24.1. The van der Waals surface area contributed by atoms with E-state index in [-0.39, 0.29) is 23.4 Å². The Bertz CT molecular complexity index is 1850. The van der Waals surface area contributed by atoms with Crippen LogP contribution >= 0.6 is 11.6 Å². The first-order valence-corrected chi connectivity index (χ1v) is 14.1. The van der Waals surface area contributed by atoms with Crippen molar-refractivity contribution in [1.82, 2.24) is 9.97 Å². The maximum absolute atomic E-state index is 14.2. The van der Waals surface area contributed by atoms with E-state index in [1.165, 1.54) is 21.3 Å². The highest BCUT2D eigenvalue weighted by Gasteiger charge is 2.37. The molecule has 0 spiro atoms. The summed E-state index contributed by atoms with van der Waals surface area (Å²) >= 11 is 6.47. The third kappa shape index (κ3) is 4.77. The number of aromatic amines is 2. The number of benzene rings is 3. The van der Waals surface area contributed by atoms with E-state index in [0.29, 0.717) is 64.0 Å². The van der Waals surface area contributed by atoms with Crippen molar-refractivity contribution >= 4 is 51.0 Å². The summed E-state index contributed by atoms with van der Waals surface area (Å²) in [6.07, 6.45) is 0. The Labute approximate surface area is 252 Å². The van der Waals surface area contributed by atoms with Crippen LogP contribution in [0.4, 0.5) is 5.69 Å². The van der Waals surface area contributed by atoms with E-state index < -0.39 is 5.97 Å². The van der Waals surface area contributed by atoms with Crippen LogP contribution in [-0.4, -0.2) is 62.7 Å². The van der Waals surface area contributed by atoms with Crippen LogP contribution in [0.3, 0.4) is 0 Å². The van der Waals surface area contributed by atoms with Gasteiger partial charge in [-0.15, -0.1) is 11.6 Å². The first-order chi connectivity index (χ1) is 20.9. The Kier molecular flexibility index (Phi) is 7.53. The minimum atomic E-state index is -0.509. The number of aromatic nitrogens is 2. The molecule has 10 nitrogen and oxygen atoms in total. The smallest absolute Gasteiger partial charge is 0.354 e. The van der Waals surface area contributed by atoms with E-state index in [2.05, 4.69) is 9.97 Å². The topological polar surface area (TPSA) is 115 Å². The molecule has 0 unspecified atom stereocenters. The summed E-state index contributed by atoms with van der Waals surface area (Å²) in [5.41, 5.74) is 4.35. The molecule has 1 amide bonds. The van der Waals surface area contributed by atoms with Crippen molar-refractivity contribution in [3.05, 3.63) is 77.1 Å². The highest BCUT2D eigenvalue weighted by molar-refractivity contribution is 6.19. The van der Waals surface area contributed by atoms with Gasteiger partial charge in [0.1, 0.15) is 23.7 Å². The summed E-state index contributed by atoms with van der Waals surface area (Å²) < 4.78 is 27.9. The fourth-order valence-corrected chi connectivity index (χ4v) is 5.97. The lowest BCUT2D eigenvalue weighted by Crippen LogP contribution is -2.30. The second-order valence-corrected chi connectivity index (χ2v) is 10.4. The molecule has 1 atom stereocenters. The van der Waals surface area contributed by atoms with Crippen molar-refractivity contribution in [2.75, 3.05) is 45.8 Å². The predicted molar refractivity (Wildman–Crippen MR) is 164 cm³/mol. The van der Waals surface area contributed by atoms with Crippen LogP contribution in [-0.2, 0) is 11.3 Å². The Morgan fingerprint density at radius 2 is 1.63 bits per heavy atom. The number of ether oxygens (including phenoxy) is 5. The van der Waals surface area contributed by atoms with Crippen molar-refractivity contribution < 1.29 is 33.3 Å². The van der Waals surface area contributed by atoms with Gasteiger partial charge in [-0.2, -0.15) is 0 Å². The normalized spacial score (nSPS) is 14.2. The number of alkyl halides is 1. The van der Waals surface area contributed by atoms with Gasteiger partial charge in [-0.05, 0) is 23.8 Å². The summed E-state index contributed by atoms with van der Waals surface area (Å²) in [6, 6.07) is 16.8. The van der Waals surface area contributed by atoms with E-state index in [0.717, 1.165) is 16.5 Å². The van der Waals surface area contributed by atoms with Crippen LogP contribution in [0, 0.1) is 0 Å². The Balaban J connectivity index is 1.47. The molecule has 2 aromatic heterocycles. The number of halogens is 1. The monoisotopic (exact) mass is 603 g/mol. The molecule has 222 valence electrons. The van der Waals surface area contributed by atoms with E-state index >= 15 is 0 Å². The third-order valence-corrected chi connectivity index (χ3v) is 8.10. The molecule has 43 heavy (non-hydrogen) atoms. The molecule has 5 aromatic rings. The van der Waals surface area contributed by atoms with Crippen molar-refractivity contribution in [3.63, 3.8) is 0 Å². The van der Waals surface area contributed by atoms with E-state index in [1.54, 1.807) is 30.2 Å². The van der Waals surface area contributed by atoms with E-state index in [4.69, 9.17) is 35.3 Å². The largest absolute Gasteiger partial charge is 0.493 e. The fourth-order valence-electron chi connectivity index (χ4n) is 5.71. The average molecular weight is 604 g/mol. The maximum Gasteiger partial charge on any atom is 0.354 e. The number of carbonyl (C=O) groups is 2. The zero-order valence-corrected chi connectivity index (χ0v) is 24.8. The number of fused-ring (bicyclic) bond motifs is 4. The molecule has 0 saturated carbocycles. The molecule has 1 aliphatic rings. The van der Waals surface area contributed by atoms with Crippen molar-refractivity contribution in [3.8, 4) is 23.0 Å². The lowest BCUT2D eigenvalue weighted by molar-refractivity contribution is 0.0595. The highest BCUT2D eigenvalue weighted by atomic mass is 35.5. The number of carbonyl (C=O) groups excluding carboxylic acids is 2. The number of nitrogens with one attached hydrogen (secondary N) is 2. The number of nitrogens with zero attached hydrogens (tertiary/aromatic N) is 1. The molecule has 11 heteroatoms. The standard InChI is InChI=1S/C32H30ClN3O7/c1-39-25-11-18-10-21(34-27(18)30(41-3)29(25)40-2)31(37)36-15-19(14-33)26-23(36)13-24(43-16-17-8-6-5-7-9-17)20-12-22(32(38)42-4)35-28(20)26/h5-13,19,34-35H,14-16H2,1-4H3/t19-/m1/s1. The van der Waals surface area contributed by atoms with Gasteiger partial charge in [0.25, 0.3) is 5.91 Å². The van der Waals surface area contributed by atoms with Gasteiger partial charge in [0, 0.05) is 40.7 Å². The SMILES string of the molecule is COC(=O)c1cc2c(OCc3ccccc3)cc3c(c2[nH]1)[C@H](CCl)CN3C(=O)c1cc2cc(OC)c(OC)c(OC)c2[nH]1. The minimum absolute atomic E-state index is 0.200. The number of hydrogen-bond acceptors (Lipinski definition) is 7. The van der Waals surface area contributed by atoms with Gasteiger partial charge in [0.2, 0.25) is 5.75 Å². The lowest BCUT2D eigenvalue weighted by atomic mass is 10.00. The predicted octanol–water partition coefficient (Wildman–Crippen LogP) is 6.02. The Morgan fingerprint density at radius 1 is 0.884 bits per heavy atom. The van der Waals surface area contributed by atoms with Crippen LogP contribution in [0.1, 0.15) is 38.0 Å². The van der Waals surface area contributed by atoms with Gasteiger partial charge in [0.05, 0.1) is 45.2 Å². The molecule has 0 radical (unpaired) electrons. The van der Waals surface area contributed by atoms with Crippen LogP contribution in [0.25, 0.3) is 21.8 Å². The molecule has 0 fully saturated rings. The van der Waals surface area contributed by atoms with Crippen molar-refractivity contribution in [2.45, 2.75) is 12.5 Å². The number of amides is 1. The summed E-state index contributed by atoms with van der Waals surface area (Å²) in [4.78, 5) is 34.8. The molecular weight excluding hydrogens is 574 g/mol. The lowest BCUT2D eigenvalue weighted by Gasteiger charge is -2.18. The Morgan fingerprint density at radius 3 is 2.30 bits per heavy atom. The average Bonchev–Trinajstić information content (AvgIpc) is 3.77. The molecule has 2 N–H and O–H groups in total. The zero-order chi connectivity index (χ0) is 30.2. The maximum atomic E-state index is 14.2. The molecular formula is C32H30ClN3O7. The number of anilines is 1. The van der Waals surface area contributed by atoms with Crippen molar-refractivity contribution in [2.24, 2.45) is 0 Å². The number of rotatable bonds is 9. The molecule has 0 aliphatic carbocycles. The third-order valence-electron chi connectivity index (χ3n) is 7.72. The quantitative estimate of drug-likeness (QED) is 0.156. The number of esters is 1. The molecule has 0 saturated heterocycles. The van der Waals surface area contributed by atoms with Gasteiger partial charge in [-0.25, -0.2) is 4.79 Å². The molecule has 3 aromatic carbocycles. The molecule has 0 bridgehead atoms. The van der Waals surface area contributed by atoms with E-state index in [1.807, 2.05) is 36.4 Å². The number of H-pyrrole nitrogens is 2. The van der Waals surface area contributed by atoms with Gasteiger partial charge < -0.3 is 38.6 Å². The van der Waals surface area contributed by atoms with Crippen LogP contribution < -0.4 is 23.8 Å².